The van der Waals surface area contributed by atoms with Crippen LogP contribution in [0.1, 0.15) is 33.6 Å². The zero-order valence-corrected chi connectivity index (χ0v) is 17.0. The highest BCUT2D eigenvalue weighted by atomic mass is 16.5. The summed E-state index contributed by atoms with van der Waals surface area (Å²) in [6, 6.07) is 4.91. The number of urea groups is 1. The van der Waals surface area contributed by atoms with E-state index in [1.165, 1.54) is 0 Å². The van der Waals surface area contributed by atoms with Crippen LogP contribution in [0.25, 0.3) is 0 Å². The molecule has 0 aliphatic carbocycles. The number of hydrogen-bond donors (Lipinski definition) is 3. The molecule has 1 aromatic rings. The van der Waals surface area contributed by atoms with Crippen molar-refractivity contribution >= 4 is 17.6 Å². The molecule has 3 amide bonds. The smallest absolute Gasteiger partial charge is 0.325 e. The minimum Gasteiger partial charge on any atom is -0.490 e. The number of rotatable bonds is 9. The van der Waals surface area contributed by atoms with E-state index >= 15 is 0 Å². The predicted octanol–water partition coefficient (Wildman–Crippen LogP) is 2.21. The minimum atomic E-state index is -0.559. The number of nitrogens with zero attached hydrogens (tertiary/aromatic N) is 1. The van der Waals surface area contributed by atoms with Crippen LogP contribution in [0.2, 0.25) is 0 Å². The molecular weight excluding hydrogens is 360 g/mol. The molecule has 0 saturated carbocycles. The number of piperazine rings is 1. The standard InChI is InChI=1S/C20H32N4O4/c1-4-10-27-17-7-6-16(12-18(17)28-11-5-2)22-20(26)23-19(25)14-24-9-8-21-13-15(24)3/h6-7,12,15,21H,4-5,8-11,13-14H2,1-3H3,(H2,22,23,25,26)/t15-/m0/s1. The third kappa shape index (κ3) is 7.01. The first-order valence-electron chi connectivity index (χ1n) is 9.98. The topological polar surface area (TPSA) is 91.9 Å². The highest BCUT2D eigenvalue weighted by Crippen LogP contribution is 2.30. The van der Waals surface area contributed by atoms with E-state index in [-0.39, 0.29) is 18.5 Å². The second kappa shape index (κ2) is 11.5. The van der Waals surface area contributed by atoms with Crippen molar-refractivity contribution in [1.82, 2.24) is 15.5 Å². The van der Waals surface area contributed by atoms with Gasteiger partial charge in [-0.15, -0.1) is 0 Å². The summed E-state index contributed by atoms with van der Waals surface area (Å²) in [5.41, 5.74) is 0.538. The Hall–Kier alpha value is -2.32. The van der Waals surface area contributed by atoms with Crippen molar-refractivity contribution in [3.63, 3.8) is 0 Å². The molecule has 0 radical (unpaired) electrons. The number of hydrogen-bond acceptors (Lipinski definition) is 6. The first kappa shape index (κ1) is 22.0. The lowest BCUT2D eigenvalue weighted by Crippen LogP contribution is -2.53. The van der Waals surface area contributed by atoms with Gasteiger partial charge in [0.15, 0.2) is 11.5 Å². The Morgan fingerprint density at radius 3 is 2.57 bits per heavy atom. The summed E-state index contributed by atoms with van der Waals surface area (Å²) >= 11 is 0. The largest absolute Gasteiger partial charge is 0.490 e. The fourth-order valence-electron chi connectivity index (χ4n) is 2.87. The second-order valence-corrected chi connectivity index (χ2v) is 6.88. The van der Waals surface area contributed by atoms with Crippen LogP contribution in [0, 0.1) is 0 Å². The predicted molar refractivity (Wildman–Crippen MR) is 109 cm³/mol. The lowest BCUT2D eigenvalue weighted by Gasteiger charge is -2.33. The number of nitrogens with one attached hydrogen (secondary N) is 3. The molecular formula is C20H32N4O4. The third-order valence-corrected chi connectivity index (χ3v) is 4.36. The van der Waals surface area contributed by atoms with Crippen molar-refractivity contribution in [1.29, 1.82) is 0 Å². The fourth-order valence-corrected chi connectivity index (χ4v) is 2.87. The molecule has 0 aromatic heterocycles. The van der Waals surface area contributed by atoms with E-state index in [2.05, 4.69) is 27.8 Å². The van der Waals surface area contributed by atoms with Crippen molar-refractivity contribution in [2.75, 3.05) is 44.7 Å². The van der Waals surface area contributed by atoms with Crippen LogP contribution >= 0.6 is 0 Å². The van der Waals surface area contributed by atoms with E-state index < -0.39 is 6.03 Å². The Kier molecular flexibility index (Phi) is 9.03. The van der Waals surface area contributed by atoms with Crippen LogP contribution in [0.4, 0.5) is 10.5 Å². The molecule has 1 heterocycles. The summed E-state index contributed by atoms with van der Waals surface area (Å²) in [5.74, 6) is 0.899. The van der Waals surface area contributed by atoms with Crippen LogP contribution in [-0.2, 0) is 4.79 Å². The molecule has 0 spiro atoms. The number of amides is 3. The van der Waals surface area contributed by atoms with Crippen molar-refractivity contribution < 1.29 is 19.1 Å². The van der Waals surface area contributed by atoms with Gasteiger partial charge in [-0.2, -0.15) is 0 Å². The molecule has 3 N–H and O–H groups in total. The normalized spacial score (nSPS) is 17.0. The monoisotopic (exact) mass is 392 g/mol. The second-order valence-electron chi connectivity index (χ2n) is 6.88. The van der Waals surface area contributed by atoms with Gasteiger partial charge in [0.1, 0.15) is 0 Å². The molecule has 1 aromatic carbocycles. The Balaban J connectivity index is 1.91. The van der Waals surface area contributed by atoms with Crippen molar-refractivity contribution in [2.24, 2.45) is 0 Å². The van der Waals surface area contributed by atoms with E-state index in [0.717, 1.165) is 32.5 Å². The van der Waals surface area contributed by atoms with Crippen molar-refractivity contribution in [2.45, 2.75) is 39.7 Å². The van der Waals surface area contributed by atoms with Gasteiger partial charge >= 0.3 is 6.03 Å². The van der Waals surface area contributed by atoms with Gasteiger partial charge < -0.3 is 20.1 Å². The maximum atomic E-state index is 12.2. The van der Waals surface area contributed by atoms with Crippen LogP contribution in [0.15, 0.2) is 18.2 Å². The Morgan fingerprint density at radius 2 is 1.89 bits per heavy atom. The molecule has 2 rings (SSSR count). The van der Waals surface area contributed by atoms with Crippen molar-refractivity contribution in [3.05, 3.63) is 18.2 Å². The quantitative estimate of drug-likeness (QED) is 0.597. The average molecular weight is 393 g/mol. The molecule has 1 fully saturated rings. The molecule has 0 unspecified atom stereocenters. The first-order valence-corrected chi connectivity index (χ1v) is 9.98. The summed E-state index contributed by atoms with van der Waals surface area (Å²) < 4.78 is 11.4. The number of ether oxygens (including phenoxy) is 2. The fraction of sp³-hybridized carbons (Fsp3) is 0.600. The molecule has 8 heteroatoms. The van der Waals surface area contributed by atoms with Gasteiger partial charge in [0.25, 0.3) is 0 Å². The summed E-state index contributed by atoms with van der Waals surface area (Å²) in [6.45, 7) is 9.92. The lowest BCUT2D eigenvalue weighted by molar-refractivity contribution is -0.121. The number of anilines is 1. The van der Waals surface area contributed by atoms with Crippen LogP contribution < -0.4 is 25.4 Å². The first-order chi connectivity index (χ1) is 13.5. The summed E-state index contributed by atoms with van der Waals surface area (Å²) in [6.07, 6.45) is 1.76. The highest BCUT2D eigenvalue weighted by Gasteiger charge is 2.21. The van der Waals surface area contributed by atoms with Gasteiger partial charge in [-0.05, 0) is 31.9 Å². The molecule has 0 bridgehead atoms. The average Bonchev–Trinajstić information content (AvgIpc) is 2.67. The molecule has 8 nitrogen and oxygen atoms in total. The van der Waals surface area contributed by atoms with Gasteiger partial charge in [0, 0.05) is 37.4 Å². The molecule has 1 atom stereocenters. The van der Waals surface area contributed by atoms with Gasteiger partial charge in [-0.25, -0.2) is 4.79 Å². The van der Waals surface area contributed by atoms with Gasteiger partial charge in [0.05, 0.1) is 19.8 Å². The Labute approximate surface area is 166 Å². The maximum Gasteiger partial charge on any atom is 0.325 e. The van der Waals surface area contributed by atoms with Gasteiger partial charge in [-0.1, -0.05) is 13.8 Å². The van der Waals surface area contributed by atoms with Gasteiger partial charge in [0.2, 0.25) is 5.91 Å². The SMILES string of the molecule is CCCOc1ccc(NC(=O)NC(=O)CN2CCNC[C@@H]2C)cc1OCCC. The third-order valence-electron chi connectivity index (χ3n) is 4.36. The molecule has 1 saturated heterocycles. The summed E-state index contributed by atoms with van der Waals surface area (Å²) in [7, 11) is 0. The molecule has 1 aliphatic rings. The van der Waals surface area contributed by atoms with E-state index in [1.54, 1.807) is 18.2 Å². The molecule has 1 aliphatic heterocycles. The molecule has 28 heavy (non-hydrogen) atoms. The van der Waals surface area contributed by atoms with E-state index in [0.29, 0.717) is 30.4 Å². The number of carbonyl (C=O) groups is 2. The van der Waals surface area contributed by atoms with Crippen LogP contribution in [-0.4, -0.2) is 62.3 Å². The number of imide groups is 1. The van der Waals surface area contributed by atoms with Crippen molar-refractivity contribution in [3.8, 4) is 11.5 Å². The van der Waals surface area contributed by atoms with Crippen LogP contribution in [0.5, 0.6) is 11.5 Å². The number of benzene rings is 1. The summed E-state index contributed by atoms with van der Waals surface area (Å²) in [4.78, 5) is 26.4. The lowest BCUT2D eigenvalue weighted by atomic mass is 10.2. The minimum absolute atomic E-state index is 0.199. The van der Waals surface area contributed by atoms with E-state index in [1.807, 2.05) is 13.8 Å². The molecule has 156 valence electrons. The van der Waals surface area contributed by atoms with E-state index in [9.17, 15) is 9.59 Å². The highest BCUT2D eigenvalue weighted by molar-refractivity contribution is 6.01. The van der Waals surface area contributed by atoms with E-state index in [4.69, 9.17) is 9.47 Å². The number of carbonyl (C=O) groups excluding carboxylic acids is 2. The maximum absolute atomic E-state index is 12.2. The zero-order chi connectivity index (χ0) is 20.4. The Morgan fingerprint density at radius 1 is 1.18 bits per heavy atom. The zero-order valence-electron chi connectivity index (χ0n) is 17.0. The van der Waals surface area contributed by atoms with Gasteiger partial charge in [-0.3, -0.25) is 15.0 Å². The Bertz CT molecular complexity index is 653. The van der Waals surface area contributed by atoms with Crippen LogP contribution in [0.3, 0.4) is 0 Å². The summed E-state index contributed by atoms with van der Waals surface area (Å²) in [5, 5.41) is 8.34.